The number of fused-ring (bicyclic) bond motifs is 3. The van der Waals surface area contributed by atoms with Crippen LogP contribution >= 0.6 is 0 Å². The van der Waals surface area contributed by atoms with E-state index in [0.717, 1.165) is 6.07 Å². The number of anilines is 1. The first kappa shape index (κ1) is 24.4. The van der Waals surface area contributed by atoms with Gasteiger partial charge in [-0.15, -0.1) is 0 Å². The number of nitrogens with zero attached hydrogens (tertiary/aromatic N) is 4. The van der Waals surface area contributed by atoms with Crippen LogP contribution < -0.4 is 10.6 Å². The molecule has 0 radical (unpaired) electrons. The molecule has 0 fully saturated rings. The zero-order valence-electron chi connectivity index (χ0n) is 19.3. The Balaban J connectivity index is 1.56. The Bertz CT molecular complexity index is 1190. The SMILES string of the molecule is COC(=O)NC[C@H]1CCC(F)(F)c2c3c(nn2C1)C[C@@H](C)N(C(=O)Nc1ccc(F)c(C#N)c1)C3. The van der Waals surface area contributed by atoms with E-state index in [0.29, 0.717) is 11.3 Å². The summed E-state index contributed by atoms with van der Waals surface area (Å²) >= 11 is 0. The Morgan fingerprint density at radius 3 is 2.86 bits per heavy atom. The summed E-state index contributed by atoms with van der Waals surface area (Å²) in [7, 11) is 1.23. The number of urea groups is 1. The second kappa shape index (κ2) is 9.48. The first-order valence-electron chi connectivity index (χ1n) is 11.2. The standard InChI is InChI=1S/C23H25F3N6O3/c1-13-7-19-17(12-31(13)21(33)29-16-3-4-18(24)15(8-16)9-27)20-23(25,26)6-5-14(11-32(20)30-19)10-28-22(34)35-2/h3-4,8,13-14H,5-7,10-12H2,1-2H3,(H,28,34)(H,29,33)/t13-,14-/m1/s1. The molecular formula is C23H25F3N6O3. The monoisotopic (exact) mass is 490 g/mol. The normalized spacial score (nSPS) is 20.6. The molecule has 0 saturated heterocycles. The van der Waals surface area contributed by atoms with Crippen molar-refractivity contribution in [2.24, 2.45) is 5.92 Å². The molecule has 3 heterocycles. The molecular weight excluding hydrogens is 465 g/mol. The van der Waals surface area contributed by atoms with Crippen LogP contribution in [0.15, 0.2) is 18.2 Å². The molecule has 4 rings (SSSR count). The third-order valence-corrected chi connectivity index (χ3v) is 6.45. The summed E-state index contributed by atoms with van der Waals surface area (Å²) in [5, 5.41) is 18.7. The molecule has 2 aliphatic rings. The van der Waals surface area contributed by atoms with Crippen LogP contribution in [-0.4, -0.2) is 46.5 Å². The van der Waals surface area contributed by atoms with Crippen LogP contribution in [0.25, 0.3) is 0 Å². The molecule has 9 nitrogen and oxygen atoms in total. The number of rotatable bonds is 3. The number of hydrogen-bond donors (Lipinski definition) is 2. The van der Waals surface area contributed by atoms with Crippen LogP contribution in [0.2, 0.25) is 0 Å². The molecule has 2 aromatic rings. The second-order valence-electron chi connectivity index (χ2n) is 8.86. The van der Waals surface area contributed by atoms with Crippen molar-refractivity contribution >= 4 is 17.8 Å². The minimum absolute atomic E-state index is 0.0648. The minimum atomic E-state index is -3.15. The molecule has 3 amide bonds. The van der Waals surface area contributed by atoms with E-state index in [1.807, 2.05) is 0 Å². The average Bonchev–Trinajstić information content (AvgIpc) is 3.12. The Morgan fingerprint density at radius 1 is 1.37 bits per heavy atom. The second-order valence-corrected chi connectivity index (χ2v) is 8.86. The van der Waals surface area contributed by atoms with Gasteiger partial charge in [-0.3, -0.25) is 4.68 Å². The van der Waals surface area contributed by atoms with Crippen molar-refractivity contribution in [2.45, 2.75) is 51.2 Å². The zero-order chi connectivity index (χ0) is 25.3. The number of nitriles is 1. The van der Waals surface area contributed by atoms with E-state index >= 15 is 8.78 Å². The maximum Gasteiger partial charge on any atom is 0.406 e. The van der Waals surface area contributed by atoms with Crippen molar-refractivity contribution in [3.05, 3.63) is 46.5 Å². The lowest BCUT2D eigenvalue weighted by Gasteiger charge is -2.33. The molecule has 35 heavy (non-hydrogen) atoms. The van der Waals surface area contributed by atoms with E-state index in [9.17, 15) is 14.0 Å². The van der Waals surface area contributed by atoms with Crippen LogP contribution in [0.5, 0.6) is 0 Å². The van der Waals surface area contributed by atoms with Crippen molar-refractivity contribution in [2.75, 3.05) is 19.0 Å². The first-order chi connectivity index (χ1) is 16.6. The maximum absolute atomic E-state index is 15.3. The lowest BCUT2D eigenvalue weighted by atomic mass is 9.95. The molecule has 12 heteroatoms. The summed E-state index contributed by atoms with van der Waals surface area (Å²) in [5.74, 6) is -4.11. The van der Waals surface area contributed by atoms with Gasteiger partial charge in [0.25, 0.3) is 5.92 Å². The van der Waals surface area contributed by atoms with E-state index in [2.05, 4.69) is 20.5 Å². The highest BCUT2D eigenvalue weighted by Crippen LogP contribution is 2.42. The van der Waals surface area contributed by atoms with Crippen LogP contribution in [0, 0.1) is 23.1 Å². The highest BCUT2D eigenvalue weighted by molar-refractivity contribution is 5.90. The number of methoxy groups -OCH3 is 1. The predicted octanol–water partition coefficient (Wildman–Crippen LogP) is 3.73. The van der Waals surface area contributed by atoms with E-state index in [1.165, 1.54) is 28.8 Å². The predicted molar refractivity (Wildman–Crippen MR) is 118 cm³/mol. The number of alkyl halides is 2. The number of alkyl carbamates (subject to hydrolysis) is 1. The van der Waals surface area contributed by atoms with Crippen molar-refractivity contribution in [3.8, 4) is 6.07 Å². The number of aromatic nitrogens is 2. The van der Waals surface area contributed by atoms with E-state index in [-0.39, 0.29) is 61.4 Å². The molecule has 0 spiro atoms. The Kier molecular flexibility index (Phi) is 6.60. The number of ether oxygens (including phenoxy) is 1. The lowest BCUT2D eigenvalue weighted by molar-refractivity contribution is -0.0219. The summed E-state index contributed by atoms with van der Waals surface area (Å²) in [4.78, 5) is 25.8. The Hall–Kier alpha value is -3.75. The van der Waals surface area contributed by atoms with Gasteiger partial charge in [-0.2, -0.15) is 19.1 Å². The van der Waals surface area contributed by atoms with E-state index < -0.39 is 30.3 Å². The third kappa shape index (κ3) is 4.89. The largest absolute Gasteiger partial charge is 0.453 e. The van der Waals surface area contributed by atoms with Gasteiger partial charge < -0.3 is 20.3 Å². The van der Waals surface area contributed by atoms with Crippen molar-refractivity contribution in [1.29, 1.82) is 5.26 Å². The van der Waals surface area contributed by atoms with Crippen molar-refractivity contribution < 1.29 is 27.5 Å². The smallest absolute Gasteiger partial charge is 0.406 e. The molecule has 0 saturated carbocycles. The Labute approximate surface area is 199 Å². The number of amides is 3. The van der Waals surface area contributed by atoms with Crippen LogP contribution in [0.1, 0.15) is 42.3 Å². The number of halogens is 3. The van der Waals surface area contributed by atoms with Gasteiger partial charge in [0.1, 0.15) is 17.6 Å². The fourth-order valence-corrected chi connectivity index (χ4v) is 4.60. The maximum atomic E-state index is 15.3. The minimum Gasteiger partial charge on any atom is -0.453 e. The third-order valence-electron chi connectivity index (χ3n) is 6.45. The number of carbonyl (C=O) groups excluding carboxylic acids is 2. The fraction of sp³-hybridized carbons (Fsp3) is 0.478. The first-order valence-corrected chi connectivity index (χ1v) is 11.2. The highest BCUT2D eigenvalue weighted by atomic mass is 19.3. The summed E-state index contributed by atoms with van der Waals surface area (Å²) in [5.41, 5.74) is 0.653. The van der Waals surface area contributed by atoms with Gasteiger partial charge in [0.2, 0.25) is 0 Å². The van der Waals surface area contributed by atoms with E-state index in [4.69, 9.17) is 5.26 Å². The number of carbonyl (C=O) groups is 2. The van der Waals surface area contributed by atoms with Crippen LogP contribution in [0.3, 0.4) is 0 Å². The van der Waals surface area contributed by atoms with E-state index in [1.54, 1.807) is 13.0 Å². The molecule has 2 N–H and O–H groups in total. The molecule has 0 unspecified atom stereocenters. The molecule has 0 aliphatic carbocycles. The summed E-state index contributed by atoms with van der Waals surface area (Å²) in [6.45, 7) is 2.11. The van der Waals surface area contributed by atoms with Crippen LogP contribution in [0.4, 0.5) is 28.4 Å². The summed E-state index contributed by atoms with van der Waals surface area (Å²) < 4.78 is 50.0. The topological polar surface area (TPSA) is 112 Å². The van der Waals surface area contributed by atoms with Gasteiger partial charge in [-0.1, -0.05) is 0 Å². The number of benzene rings is 1. The lowest BCUT2D eigenvalue weighted by Crippen LogP contribution is -2.45. The van der Waals surface area contributed by atoms with Gasteiger partial charge in [-0.05, 0) is 37.5 Å². The fourth-order valence-electron chi connectivity index (χ4n) is 4.60. The van der Waals surface area contributed by atoms with Gasteiger partial charge in [0, 0.05) is 43.2 Å². The van der Waals surface area contributed by atoms with Gasteiger partial charge in [0.15, 0.2) is 0 Å². The summed E-state index contributed by atoms with van der Waals surface area (Å²) in [6.07, 6.45) is -0.565. The van der Waals surface area contributed by atoms with Gasteiger partial charge in [0.05, 0.1) is 24.9 Å². The quantitative estimate of drug-likeness (QED) is 0.681. The highest BCUT2D eigenvalue weighted by Gasteiger charge is 2.44. The molecule has 0 bridgehead atoms. The number of nitrogens with one attached hydrogen (secondary N) is 2. The zero-order valence-corrected chi connectivity index (χ0v) is 19.3. The molecule has 2 aliphatic heterocycles. The van der Waals surface area contributed by atoms with Crippen LogP contribution in [-0.2, 0) is 30.2 Å². The summed E-state index contributed by atoms with van der Waals surface area (Å²) in [6, 6.07) is 4.46. The van der Waals surface area contributed by atoms with Crippen molar-refractivity contribution in [1.82, 2.24) is 20.0 Å². The van der Waals surface area contributed by atoms with Gasteiger partial charge in [-0.25, -0.2) is 14.0 Å². The Morgan fingerprint density at radius 2 is 2.14 bits per heavy atom. The molecule has 2 atom stereocenters. The average molecular weight is 490 g/mol. The molecule has 186 valence electrons. The van der Waals surface area contributed by atoms with Crippen molar-refractivity contribution in [3.63, 3.8) is 0 Å². The molecule has 1 aromatic carbocycles. The van der Waals surface area contributed by atoms with Gasteiger partial charge >= 0.3 is 12.1 Å². The number of hydrogen-bond acceptors (Lipinski definition) is 5. The molecule has 1 aromatic heterocycles.